The molecular weight excluding hydrogens is 324 g/mol. The molecule has 0 radical (unpaired) electrons. The van der Waals surface area contributed by atoms with Crippen LogP contribution in [0.4, 0.5) is 9.59 Å². The molecule has 0 aliphatic heterocycles. The van der Waals surface area contributed by atoms with Gasteiger partial charge in [0.1, 0.15) is 11.4 Å². The Morgan fingerprint density at radius 1 is 1.04 bits per heavy atom. The number of rotatable bonds is 4. The van der Waals surface area contributed by atoms with E-state index in [1.54, 1.807) is 52.8 Å². The third kappa shape index (κ3) is 7.23. The molecule has 0 bridgehead atoms. The Labute approximate surface area is 140 Å². The minimum atomic E-state index is -1.17. The van der Waals surface area contributed by atoms with Crippen molar-refractivity contribution in [1.82, 2.24) is 0 Å². The SMILES string of the molecule is CC(C)OC(=O)Oc1ccccc1[C@@H](Cl)OC(=O)OC(C)(C)C. The summed E-state index contributed by atoms with van der Waals surface area (Å²) in [6, 6.07) is 6.41. The Hall–Kier alpha value is -1.95. The summed E-state index contributed by atoms with van der Waals surface area (Å²) in [6.07, 6.45) is -2.11. The maximum atomic E-state index is 11.7. The summed E-state index contributed by atoms with van der Waals surface area (Å²) in [6.45, 7) is 8.51. The van der Waals surface area contributed by atoms with Gasteiger partial charge in [-0.3, -0.25) is 0 Å². The second-order valence-electron chi connectivity index (χ2n) is 5.95. The molecule has 0 saturated carbocycles. The lowest BCUT2D eigenvalue weighted by molar-refractivity contribution is -0.0137. The van der Waals surface area contributed by atoms with Gasteiger partial charge in [-0.2, -0.15) is 0 Å². The van der Waals surface area contributed by atoms with Gasteiger partial charge >= 0.3 is 12.3 Å². The summed E-state index contributed by atoms with van der Waals surface area (Å²) in [5, 5.41) is 0. The van der Waals surface area contributed by atoms with Crippen LogP contribution in [0.1, 0.15) is 45.7 Å². The fourth-order valence-electron chi connectivity index (χ4n) is 1.49. The average Bonchev–Trinajstić information content (AvgIpc) is 2.35. The Bertz CT molecular complexity index is 550. The highest BCUT2D eigenvalue weighted by Crippen LogP contribution is 2.31. The van der Waals surface area contributed by atoms with Crippen LogP contribution in [0.3, 0.4) is 0 Å². The fraction of sp³-hybridized carbons (Fsp3) is 0.500. The number of hydrogen-bond donors (Lipinski definition) is 0. The van der Waals surface area contributed by atoms with Crippen LogP contribution in [-0.4, -0.2) is 24.0 Å². The minimum Gasteiger partial charge on any atom is -0.431 e. The molecule has 0 heterocycles. The molecular formula is C16H21ClO6. The van der Waals surface area contributed by atoms with E-state index in [-0.39, 0.29) is 11.9 Å². The maximum Gasteiger partial charge on any atom is 0.514 e. The Balaban J connectivity index is 2.79. The summed E-state index contributed by atoms with van der Waals surface area (Å²) in [5.74, 6) is 0.140. The van der Waals surface area contributed by atoms with Gasteiger partial charge < -0.3 is 18.9 Å². The Morgan fingerprint density at radius 3 is 2.22 bits per heavy atom. The normalized spacial score (nSPS) is 12.5. The van der Waals surface area contributed by atoms with E-state index in [9.17, 15) is 9.59 Å². The van der Waals surface area contributed by atoms with Crippen molar-refractivity contribution in [2.45, 2.75) is 51.9 Å². The molecule has 23 heavy (non-hydrogen) atoms. The zero-order chi connectivity index (χ0) is 17.6. The van der Waals surface area contributed by atoms with E-state index in [1.807, 2.05) is 0 Å². The second kappa shape index (κ2) is 8.06. The van der Waals surface area contributed by atoms with Crippen LogP contribution >= 0.6 is 11.6 Å². The van der Waals surface area contributed by atoms with Gasteiger partial charge in [0.25, 0.3) is 0 Å². The first-order chi connectivity index (χ1) is 10.6. The lowest BCUT2D eigenvalue weighted by atomic mass is 10.2. The number of hydrogen-bond acceptors (Lipinski definition) is 6. The van der Waals surface area contributed by atoms with E-state index in [4.69, 9.17) is 30.5 Å². The monoisotopic (exact) mass is 344 g/mol. The molecule has 0 saturated heterocycles. The van der Waals surface area contributed by atoms with Crippen molar-refractivity contribution >= 4 is 23.9 Å². The fourth-order valence-corrected chi connectivity index (χ4v) is 1.74. The smallest absolute Gasteiger partial charge is 0.431 e. The van der Waals surface area contributed by atoms with E-state index < -0.39 is 23.5 Å². The number of carbonyl (C=O) groups excluding carboxylic acids is 2. The van der Waals surface area contributed by atoms with Crippen molar-refractivity contribution in [2.75, 3.05) is 0 Å². The van der Waals surface area contributed by atoms with Gasteiger partial charge in [-0.05, 0) is 40.7 Å². The number of carbonyl (C=O) groups is 2. The van der Waals surface area contributed by atoms with Gasteiger partial charge in [0.2, 0.25) is 5.56 Å². The molecule has 0 aliphatic carbocycles. The van der Waals surface area contributed by atoms with Crippen LogP contribution in [0.5, 0.6) is 5.75 Å². The van der Waals surface area contributed by atoms with Gasteiger partial charge in [-0.1, -0.05) is 29.8 Å². The first-order valence-electron chi connectivity index (χ1n) is 7.09. The third-order valence-electron chi connectivity index (χ3n) is 2.28. The molecule has 6 nitrogen and oxygen atoms in total. The van der Waals surface area contributed by atoms with E-state index in [0.717, 1.165) is 0 Å². The van der Waals surface area contributed by atoms with Crippen LogP contribution < -0.4 is 4.74 Å². The van der Waals surface area contributed by atoms with Crippen LogP contribution in [0.15, 0.2) is 24.3 Å². The van der Waals surface area contributed by atoms with Crippen molar-refractivity contribution in [2.24, 2.45) is 0 Å². The lowest BCUT2D eigenvalue weighted by Crippen LogP contribution is -2.25. The predicted molar refractivity (Wildman–Crippen MR) is 84.6 cm³/mol. The minimum absolute atomic E-state index is 0.140. The van der Waals surface area contributed by atoms with Crippen molar-refractivity contribution in [1.29, 1.82) is 0 Å². The van der Waals surface area contributed by atoms with Gasteiger partial charge in [0.15, 0.2) is 0 Å². The summed E-state index contributed by atoms with van der Waals surface area (Å²) >= 11 is 6.07. The highest BCUT2D eigenvalue weighted by molar-refractivity contribution is 6.20. The van der Waals surface area contributed by atoms with E-state index in [1.165, 1.54) is 6.07 Å². The highest BCUT2D eigenvalue weighted by atomic mass is 35.5. The summed E-state index contributed by atoms with van der Waals surface area (Å²) in [7, 11) is 0. The summed E-state index contributed by atoms with van der Waals surface area (Å²) in [4.78, 5) is 23.2. The zero-order valence-corrected chi connectivity index (χ0v) is 14.5. The standard InChI is InChI=1S/C16H21ClO6/c1-10(2)20-14(18)21-12-9-7-6-8-11(12)13(17)22-15(19)23-16(3,4)5/h6-10,13H,1-5H3/t13-/m0/s1. The van der Waals surface area contributed by atoms with Crippen molar-refractivity contribution in [3.8, 4) is 5.75 Å². The predicted octanol–water partition coefficient (Wildman–Crippen LogP) is 4.80. The van der Waals surface area contributed by atoms with E-state index >= 15 is 0 Å². The van der Waals surface area contributed by atoms with Crippen LogP contribution in [-0.2, 0) is 14.2 Å². The van der Waals surface area contributed by atoms with Crippen molar-refractivity contribution in [3.63, 3.8) is 0 Å². The number of ether oxygens (including phenoxy) is 4. The van der Waals surface area contributed by atoms with Crippen LogP contribution in [0.2, 0.25) is 0 Å². The molecule has 0 amide bonds. The topological polar surface area (TPSA) is 71.1 Å². The molecule has 0 aromatic heterocycles. The molecule has 1 atom stereocenters. The van der Waals surface area contributed by atoms with Crippen molar-refractivity contribution in [3.05, 3.63) is 29.8 Å². The first-order valence-corrected chi connectivity index (χ1v) is 7.53. The summed E-state index contributed by atoms with van der Waals surface area (Å²) in [5.41, 5.74) is -1.57. The highest BCUT2D eigenvalue weighted by Gasteiger charge is 2.24. The number of halogens is 1. The van der Waals surface area contributed by atoms with E-state index in [0.29, 0.717) is 5.56 Å². The van der Waals surface area contributed by atoms with Gasteiger partial charge in [-0.25, -0.2) is 9.59 Å². The molecule has 0 N–H and O–H groups in total. The first kappa shape index (κ1) is 19.1. The quantitative estimate of drug-likeness (QED) is 0.444. The Kier molecular flexibility index (Phi) is 6.69. The number of benzene rings is 1. The summed E-state index contributed by atoms with van der Waals surface area (Å²) < 4.78 is 20.0. The molecule has 0 spiro atoms. The number of alkyl halides is 1. The zero-order valence-electron chi connectivity index (χ0n) is 13.8. The van der Waals surface area contributed by atoms with Gasteiger partial charge in [0, 0.05) is 0 Å². The van der Waals surface area contributed by atoms with Gasteiger partial charge in [-0.15, -0.1) is 0 Å². The molecule has 1 aromatic rings. The van der Waals surface area contributed by atoms with Gasteiger partial charge in [0.05, 0.1) is 11.7 Å². The third-order valence-corrected chi connectivity index (χ3v) is 2.60. The van der Waals surface area contributed by atoms with Crippen molar-refractivity contribution < 1.29 is 28.5 Å². The molecule has 128 valence electrons. The molecule has 0 aliphatic rings. The largest absolute Gasteiger partial charge is 0.514 e. The molecule has 1 aromatic carbocycles. The van der Waals surface area contributed by atoms with Crippen LogP contribution in [0, 0.1) is 0 Å². The van der Waals surface area contributed by atoms with Crippen LogP contribution in [0.25, 0.3) is 0 Å². The Morgan fingerprint density at radius 2 is 1.65 bits per heavy atom. The average molecular weight is 345 g/mol. The molecule has 1 rings (SSSR count). The molecule has 0 fully saturated rings. The maximum absolute atomic E-state index is 11.7. The number of para-hydroxylation sites is 1. The second-order valence-corrected chi connectivity index (χ2v) is 6.35. The lowest BCUT2D eigenvalue weighted by Gasteiger charge is -2.21. The molecule has 0 unspecified atom stereocenters. The van der Waals surface area contributed by atoms with E-state index in [2.05, 4.69) is 0 Å². The molecule has 7 heteroatoms.